The highest BCUT2D eigenvalue weighted by Gasteiger charge is 2.36. The zero-order valence-corrected chi connectivity index (χ0v) is 13.2. The molecule has 1 aromatic carbocycles. The van der Waals surface area contributed by atoms with E-state index < -0.39 is 0 Å². The molecule has 2 amide bonds. The summed E-state index contributed by atoms with van der Waals surface area (Å²) < 4.78 is 5.42. The van der Waals surface area contributed by atoms with E-state index in [-0.39, 0.29) is 12.1 Å². The van der Waals surface area contributed by atoms with E-state index in [9.17, 15) is 4.79 Å². The van der Waals surface area contributed by atoms with Crippen molar-refractivity contribution in [1.82, 2.24) is 15.0 Å². The van der Waals surface area contributed by atoms with Gasteiger partial charge in [-0.05, 0) is 44.2 Å². The number of likely N-dealkylation sites (tertiary alicyclic amines) is 1. The fraction of sp³-hybridized carbons (Fsp3) is 0.471. The van der Waals surface area contributed by atoms with E-state index in [4.69, 9.17) is 4.52 Å². The highest BCUT2D eigenvalue weighted by atomic mass is 16.5. The first-order chi connectivity index (χ1) is 11.2. The Kier molecular flexibility index (Phi) is 3.52. The molecule has 23 heavy (non-hydrogen) atoms. The van der Waals surface area contributed by atoms with Crippen LogP contribution in [0.5, 0.6) is 0 Å². The van der Waals surface area contributed by atoms with Crippen molar-refractivity contribution in [2.24, 2.45) is 0 Å². The van der Waals surface area contributed by atoms with Crippen LogP contribution in [0.15, 0.2) is 28.8 Å². The minimum absolute atomic E-state index is 0.104. The summed E-state index contributed by atoms with van der Waals surface area (Å²) in [6.07, 6.45) is 4.10. The van der Waals surface area contributed by atoms with Crippen molar-refractivity contribution in [2.75, 3.05) is 11.9 Å². The highest BCUT2D eigenvalue weighted by molar-refractivity contribution is 5.90. The van der Waals surface area contributed by atoms with Gasteiger partial charge in [-0.15, -0.1) is 0 Å². The van der Waals surface area contributed by atoms with Crippen molar-refractivity contribution >= 4 is 11.7 Å². The van der Waals surface area contributed by atoms with E-state index in [1.54, 1.807) is 4.90 Å². The minimum Gasteiger partial charge on any atom is -0.337 e. The molecule has 6 heteroatoms. The number of carbonyl (C=O) groups excluding carboxylic acids is 1. The fourth-order valence-corrected chi connectivity index (χ4v) is 3.06. The summed E-state index contributed by atoms with van der Waals surface area (Å²) in [7, 11) is 0. The van der Waals surface area contributed by atoms with Crippen molar-refractivity contribution < 1.29 is 9.32 Å². The molecule has 1 atom stereocenters. The number of aromatic nitrogens is 2. The number of benzene rings is 1. The van der Waals surface area contributed by atoms with Crippen LogP contribution in [0.25, 0.3) is 0 Å². The van der Waals surface area contributed by atoms with Crippen molar-refractivity contribution in [3.05, 3.63) is 41.5 Å². The second-order valence-corrected chi connectivity index (χ2v) is 6.36. The van der Waals surface area contributed by atoms with Gasteiger partial charge in [-0.25, -0.2) is 4.79 Å². The van der Waals surface area contributed by atoms with Crippen LogP contribution in [0.3, 0.4) is 0 Å². The molecule has 1 N–H and O–H groups in total. The Hall–Kier alpha value is -2.37. The van der Waals surface area contributed by atoms with E-state index in [1.807, 2.05) is 31.2 Å². The second-order valence-electron chi connectivity index (χ2n) is 6.36. The summed E-state index contributed by atoms with van der Waals surface area (Å²) in [5, 5.41) is 7.06. The molecular formula is C17H20N4O2. The Balaban J connectivity index is 1.50. The van der Waals surface area contributed by atoms with Gasteiger partial charge >= 0.3 is 6.03 Å². The van der Waals surface area contributed by atoms with Crippen molar-refractivity contribution in [3.63, 3.8) is 0 Å². The maximum atomic E-state index is 12.6. The summed E-state index contributed by atoms with van der Waals surface area (Å²) in [6, 6.07) is 7.56. The van der Waals surface area contributed by atoms with E-state index in [0.29, 0.717) is 18.4 Å². The molecule has 1 aromatic heterocycles. The standard InChI is InChI=1S/C17H20N4O2/c1-11-5-2-3-6-13(11)18-17(22)21-10-4-7-14(21)16-19-15(20-23-16)12-8-9-12/h2-3,5-6,12,14H,4,7-10H2,1H3,(H,18,22). The Morgan fingerprint density at radius 1 is 1.30 bits per heavy atom. The van der Waals surface area contributed by atoms with Crippen LogP contribution in [-0.4, -0.2) is 27.6 Å². The number of carbonyl (C=O) groups is 1. The summed E-state index contributed by atoms with van der Waals surface area (Å²) in [5.74, 6) is 1.83. The molecule has 6 nitrogen and oxygen atoms in total. The van der Waals surface area contributed by atoms with Gasteiger partial charge in [0.1, 0.15) is 6.04 Å². The van der Waals surface area contributed by atoms with Gasteiger partial charge in [-0.1, -0.05) is 23.4 Å². The Morgan fingerprint density at radius 2 is 2.13 bits per heavy atom. The minimum atomic E-state index is -0.112. The van der Waals surface area contributed by atoms with Crippen molar-refractivity contribution in [3.8, 4) is 0 Å². The molecule has 0 radical (unpaired) electrons. The third-order valence-electron chi connectivity index (χ3n) is 4.59. The number of nitrogens with zero attached hydrogens (tertiary/aromatic N) is 3. The molecule has 2 heterocycles. The van der Waals surface area contributed by atoms with Gasteiger partial charge in [0.25, 0.3) is 0 Å². The fourth-order valence-electron chi connectivity index (χ4n) is 3.06. The number of hydrogen-bond donors (Lipinski definition) is 1. The first-order valence-corrected chi connectivity index (χ1v) is 8.19. The summed E-state index contributed by atoms with van der Waals surface area (Å²) in [5.41, 5.74) is 1.89. The molecule has 1 saturated carbocycles. The molecular weight excluding hydrogens is 292 g/mol. The van der Waals surface area contributed by atoms with Crippen LogP contribution in [0.4, 0.5) is 10.5 Å². The number of amides is 2. The van der Waals surface area contributed by atoms with Gasteiger partial charge in [0.05, 0.1) is 0 Å². The van der Waals surface area contributed by atoms with Gasteiger partial charge in [0.15, 0.2) is 5.82 Å². The third-order valence-corrected chi connectivity index (χ3v) is 4.59. The lowest BCUT2D eigenvalue weighted by Crippen LogP contribution is -2.34. The number of anilines is 1. The topological polar surface area (TPSA) is 71.3 Å². The smallest absolute Gasteiger partial charge is 0.322 e. The third kappa shape index (κ3) is 2.81. The predicted molar refractivity (Wildman–Crippen MR) is 85.2 cm³/mol. The first kappa shape index (κ1) is 14.2. The molecule has 120 valence electrons. The second kappa shape index (κ2) is 5.68. The van der Waals surface area contributed by atoms with E-state index in [2.05, 4.69) is 15.5 Å². The van der Waals surface area contributed by atoms with Gasteiger partial charge in [0.2, 0.25) is 5.89 Å². The van der Waals surface area contributed by atoms with Crippen LogP contribution in [0.1, 0.15) is 54.9 Å². The summed E-state index contributed by atoms with van der Waals surface area (Å²) in [4.78, 5) is 18.9. The largest absolute Gasteiger partial charge is 0.337 e. The van der Waals surface area contributed by atoms with Crippen LogP contribution >= 0.6 is 0 Å². The number of hydrogen-bond acceptors (Lipinski definition) is 4. The molecule has 1 unspecified atom stereocenters. The lowest BCUT2D eigenvalue weighted by molar-refractivity contribution is 0.193. The molecule has 2 aliphatic rings. The Labute approximate surface area is 134 Å². The molecule has 1 aliphatic carbocycles. The average molecular weight is 312 g/mol. The normalized spacial score (nSPS) is 20.7. The van der Waals surface area contributed by atoms with Gasteiger partial charge in [-0.2, -0.15) is 4.98 Å². The van der Waals surface area contributed by atoms with Crippen LogP contribution in [-0.2, 0) is 0 Å². The van der Waals surface area contributed by atoms with Gasteiger partial charge in [0, 0.05) is 18.2 Å². The number of nitrogens with one attached hydrogen (secondary N) is 1. The number of aryl methyl sites for hydroxylation is 1. The first-order valence-electron chi connectivity index (χ1n) is 8.19. The lowest BCUT2D eigenvalue weighted by Gasteiger charge is -2.22. The zero-order chi connectivity index (χ0) is 15.8. The SMILES string of the molecule is Cc1ccccc1NC(=O)N1CCCC1c1nc(C2CC2)no1. The monoisotopic (exact) mass is 312 g/mol. The average Bonchev–Trinajstić information content (AvgIpc) is 3.10. The molecule has 4 rings (SSSR count). The van der Waals surface area contributed by atoms with Gasteiger partial charge in [-0.3, -0.25) is 0 Å². The predicted octanol–water partition coefficient (Wildman–Crippen LogP) is 3.62. The van der Waals surface area contributed by atoms with E-state index in [0.717, 1.165) is 42.8 Å². The quantitative estimate of drug-likeness (QED) is 0.939. The molecule has 1 saturated heterocycles. The number of urea groups is 1. The van der Waals surface area contributed by atoms with Crippen LogP contribution < -0.4 is 5.32 Å². The molecule has 1 aliphatic heterocycles. The Bertz CT molecular complexity index is 723. The van der Waals surface area contributed by atoms with Crippen molar-refractivity contribution in [2.45, 2.75) is 44.6 Å². The molecule has 2 fully saturated rings. The molecule has 0 bridgehead atoms. The van der Waals surface area contributed by atoms with Gasteiger partial charge < -0.3 is 14.7 Å². The van der Waals surface area contributed by atoms with Crippen molar-refractivity contribution in [1.29, 1.82) is 0 Å². The maximum Gasteiger partial charge on any atom is 0.322 e. The molecule has 2 aromatic rings. The van der Waals surface area contributed by atoms with E-state index in [1.165, 1.54) is 0 Å². The van der Waals surface area contributed by atoms with Crippen LogP contribution in [0.2, 0.25) is 0 Å². The summed E-state index contributed by atoms with van der Waals surface area (Å²) in [6.45, 7) is 2.69. The summed E-state index contributed by atoms with van der Waals surface area (Å²) >= 11 is 0. The zero-order valence-electron chi connectivity index (χ0n) is 13.2. The molecule has 0 spiro atoms. The van der Waals surface area contributed by atoms with Crippen LogP contribution in [0, 0.1) is 6.92 Å². The van der Waals surface area contributed by atoms with E-state index >= 15 is 0 Å². The number of rotatable bonds is 3. The lowest BCUT2D eigenvalue weighted by atomic mass is 10.2. The highest BCUT2D eigenvalue weighted by Crippen LogP contribution is 2.39. The Morgan fingerprint density at radius 3 is 2.91 bits per heavy atom. The maximum absolute atomic E-state index is 12.6. The number of para-hydroxylation sites is 1.